The van der Waals surface area contributed by atoms with E-state index in [1.54, 1.807) is 0 Å². The summed E-state index contributed by atoms with van der Waals surface area (Å²) in [4.78, 5) is 0. The minimum atomic E-state index is 0. The van der Waals surface area contributed by atoms with Gasteiger partial charge in [0, 0.05) is 5.56 Å². The van der Waals surface area contributed by atoms with E-state index in [0.29, 0.717) is 0 Å². The summed E-state index contributed by atoms with van der Waals surface area (Å²) in [6, 6.07) is 11.7. The molecule has 0 radical (unpaired) electrons. The molecule has 0 bridgehead atoms. The molecule has 1 fully saturated rings. The molecule has 1 nitrogen and oxygen atoms in total. The highest BCUT2D eigenvalue weighted by Gasteiger charge is 2.15. The summed E-state index contributed by atoms with van der Waals surface area (Å²) in [5.41, 5.74) is 1.46. The van der Waals surface area contributed by atoms with Gasteiger partial charge in [0.2, 0.25) is 0 Å². The fourth-order valence-corrected chi connectivity index (χ4v) is 2.29. The molecule has 15 heavy (non-hydrogen) atoms. The molecule has 1 aromatic carbocycles. The van der Waals surface area contributed by atoms with Crippen LogP contribution in [0, 0.1) is 0 Å². The van der Waals surface area contributed by atoms with Gasteiger partial charge in [0.15, 0.2) is 0 Å². The first-order valence-corrected chi connectivity index (χ1v) is 5.82. The molecule has 0 atom stereocenters. The smallest absolute Gasteiger partial charge is 0.101 e. The van der Waals surface area contributed by atoms with Crippen molar-refractivity contribution < 1.29 is 17.7 Å². The van der Waals surface area contributed by atoms with Crippen LogP contribution in [0.2, 0.25) is 0 Å². The van der Waals surface area contributed by atoms with Gasteiger partial charge in [0.05, 0.1) is 6.04 Å². The second kappa shape index (κ2) is 6.86. The number of hydrogen-bond donors (Lipinski definition) is 1. The number of quaternary nitrogens is 1. The van der Waals surface area contributed by atoms with E-state index in [4.69, 9.17) is 0 Å². The number of halogens is 1. The Kier molecular flexibility index (Phi) is 5.74. The Labute approximate surface area is 98.7 Å². The summed E-state index contributed by atoms with van der Waals surface area (Å²) in [7, 11) is 0. The van der Waals surface area contributed by atoms with Crippen LogP contribution in [0.5, 0.6) is 0 Å². The van der Waals surface area contributed by atoms with Crippen LogP contribution in [0.3, 0.4) is 0 Å². The fourth-order valence-electron chi connectivity index (χ4n) is 2.29. The Morgan fingerprint density at radius 2 is 1.67 bits per heavy atom. The lowest BCUT2D eigenvalue weighted by Gasteiger charge is -2.19. The second-order valence-corrected chi connectivity index (χ2v) is 4.32. The van der Waals surface area contributed by atoms with Crippen LogP contribution in [0.4, 0.5) is 0 Å². The molecule has 84 valence electrons. The Morgan fingerprint density at radius 3 is 2.33 bits per heavy atom. The lowest BCUT2D eigenvalue weighted by atomic mass is 9.95. The summed E-state index contributed by atoms with van der Waals surface area (Å²) in [6.07, 6.45) is 7.18. The number of rotatable bonds is 3. The van der Waals surface area contributed by atoms with E-state index in [9.17, 15) is 0 Å². The third kappa shape index (κ3) is 4.23. The molecule has 0 aromatic heterocycles. The van der Waals surface area contributed by atoms with Gasteiger partial charge < -0.3 is 17.7 Å². The van der Waals surface area contributed by atoms with E-state index in [1.165, 1.54) is 37.7 Å². The third-order valence-corrected chi connectivity index (χ3v) is 3.18. The van der Waals surface area contributed by atoms with Crippen molar-refractivity contribution in [3.05, 3.63) is 35.9 Å². The van der Waals surface area contributed by atoms with Crippen molar-refractivity contribution in [2.75, 3.05) is 0 Å². The molecular weight excluding hydrogens is 206 g/mol. The minimum absolute atomic E-state index is 0. The zero-order valence-electron chi connectivity index (χ0n) is 9.16. The monoisotopic (exact) mass is 225 g/mol. The molecule has 2 heteroatoms. The highest BCUT2D eigenvalue weighted by molar-refractivity contribution is 5.12. The van der Waals surface area contributed by atoms with Crippen LogP contribution in [-0.4, -0.2) is 6.04 Å². The van der Waals surface area contributed by atoms with E-state index in [2.05, 4.69) is 35.6 Å². The molecule has 0 amide bonds. The standard InChI is InChI=1S/C13H19N.ClH/c1-3-7-12(8-4-1)11-14-13-9-5-2-6-10-13;/h1,3-4,7-8,13-14H,2,5-6,9-11H2;1H. The quantitative estimate of drug-likeness (QED) is 0.686. The topological polar surface area (TPSA) is 16.6 Å². The molecule has 0 spiro atoms. The predicted molar refractivity (Wildman–Crippen MR) is 58.9 cm³/mol. The number of benzene rings is 1. The normalized spacial score (nSPS) is 17.1. The Balaban J connectivity index is 0.00000112. The van der Waals surface area contributed by atoms with Crippen LogP contribution in [-0.2, 0) is 6.54 Å². The van der Waals surface area contributed by atoms with E-state index >= 15 is 0 Å². The van der Waals surface area contributed by atoms with E-state index in [0.717, 1.165) is 12.6 Å². The molecule has 1 aliphatic carbocycles. The maximum atomic E-state index is 2.52. The average molecular weight is 226 g/mol. The molecule has 1 saturated carbocycles. The van der Waals surface area contributed by atoms with E-state index in [1.807, 2.05) is 0 Å². The first kappa shape index (κ1) is 12.5. The summed E-state index contributed by atoms with van der Waals surface area (Å²) >= 11 is 0. The van der Waals surface area contributed by atoms with Gasteiger partial charge >= 0.3 is 0 Å². The minimum Gasteiger partial charge on any atom is -1.00 e. The highest BCUT2D eigenvalue weighted by Crippen LogP contribution is 2.14. The van der Waals surface area contributed by atoms with Gasteiger partial charge in [0.25, 0.3) is 0 Å². The first-order valence-electron chi connectivity index (χ1n) is 5.82. The molecule has 0 saturated heterocycles. The van der Waals surface area contributed by atoms with Crippen molar-refractivity contribution >= 4 is 0 Å². The molecular formula is C13H20ClN. The Hall–Kier alpha value is -0.530. The van der Waals surface area contributed by atoms with Crippen molar-refractivity contribution in [3.8, 4) is 0 Å². The Morgan fingerprint density at radius 1 is 1.00 bits per heavy atom. The molecule has 0 aliphatic heterocycles. The largest absolute Gasteiger partial charge is 1.00 e. The zero-order valence-corrected chi connectivity index (χ0v) is 9.92. The van der Waals surface area contributed by atoms with Gasteiger partial charge in [-0.05, 0) is 25.7 Å². The van der Waals surface area contributed by atoms with Crippen LogP contribution < -0.4 is 17.7 Å². The van der Waals surface area contributed by atoms with Crippen molar-refractivity contribution in [2.24, 2.45) is 0 Å². The van der Waals surface area contributed by atoms with Crippen molar-refractivity contribution in [3.63, 3.8) is 0 Å². The molecule has 2 N–H and O–H groups in total. The molecule has 2 rings (SSSR count). The summed E-state index contributed by atoms with van der Waals surface area (Å²) in [5, 5.41) is 2.52. The summed E-state index contributed by atoms with van der Waals surface area (Å²) < 4.78 is 0. The zero-order chi connectivity index (χ0) is 9.64. The van der Waals surface area contributed by atoms with Gasteiger partial charge in [-0.15, -0.1) is 0 Å². The van der Waals surface area contributed by atoms with Crippen LogP contribution in [0.15, 0.2) is 30.3 Å². The fraction of sp³-hybridized carbons (Fsp3) is 0.538. The van der Waals surface area contributed by atoms with Gasteiger partial charge in [-0.2, -0.15) is 0 Å². The first-order chi connectivity index (χ1) is 6.95. The van der Waals surface area contributed by atoms with Gasteiger partial charge in [0.1, 0.15) is 6.54 Å². The van der Waals surface area contributed by atoms with Gasteiger partial charge in [-0.25, -0.2) is 0 Å². The predicted octanol–water partition coefficient (Wildman–Crippen LogP) is -0.913. The van der Waals surface area contributed by atoms with Crippen LogP contribution in [0.25, 0.3) is 0 Å². The maximum absolute atomic E-state index is 2.52. The third-order valence-electron chi connectivity index (χ3n) is 3.18. The van der Waals surface area contributed by atoms with E-state index < -0.39 is 0 Å². The number of hydrogen-bond acceptors (Lipinski definition) is 0. The molecule has 1 aromatic rings. The van der Waals surface area contributed by atoms with Crippen LogP contribution in [0.1, 0.15) is 37.7 Å². The van der Waals surface area contributed by atoms with Crippen molar-refractivity contribution in [2.45, 2.75) is 44.7 Å². The van der Waals surface area contributed by atoms with E-state index in [-0.39, 0.29) is 12.4 Å². The van der Waals surface area contributed by atoms with Gasteiger partial charge in [-0.1, -0.05) is 36.8 Å². The summed E-state index contributed by atoms with van der Waals surface area (Å²) in [5.74, 6) is 0. The maximum Gasteiger partial charge on any atom is 0.101 e. The molecule has 1 aliphatic rings. The lowest BCUT2D eigenvalue weighted by molar-refractivity contribution is -0.706. The van der Waals surface area contributed by atoms with Crippen molar-refractivity contribution in [1.29, 1.82) is 0 Å². The van der Waals surface area contributed by atoms with Crippen molar-refractivity contribution in [1.82, 2.24) is 0 Å². The molecule has 0 unspecified atom stereocenters. The average Bonchev–Trinajstić information content (AvgIpc) is 2.29. The highest BCUT2D eigenvalue weighted by atomic mass is 35.5. The SMILES string of the molecule is [Cl-].c1ccc(C[NH2+]C2CCCCC2)cc1. The second-order valence-electron chi connectivity index (χ2n) is 4.32. The lowest BCUT2D eigenvalue weighted by Crippen LogP contribution is -3.00. The molecule has 0 heterocycles. The summed E-state index contributed by atoms with van der Waals surface area (Å²) in [6.45, 7) is 1.16. The number of nitrogens with two attached hydrogens (primary N) is 1. The van der Waals surface area contributed by atoms with Crippen LogP contribution >= 0.6 is 0 Å². The Bertz CT molecular complexity index is 254. The van der Waals surface area contributed by atoms with Gasteiger partial charge in [-0.3, -0.25) is 0 Å².